The molecule has 6 nitrogen and oxygen atoms in total. The first-order valence-electron chi connectivity index (χ1n) is 9.15. The molecule has 3 aromatic heterocycles. The van der Waals surface area contributed by atoms with Gasteiger partial charge in [-0.1, -0.05) is 12.1 Å². The predicted octanol–water partition coefficient (Wildman–Crippen LogP) is 3.19. The van der Waals surface area contributed by atoms with Crippen molar-refractivity contribution in [1.82, 2.24) is 19.4 Å². The number of nitrogens with one attached hydrogen (secondary N) is 1. The summed E-state index contributed by atoms with van der Waals surface area (Å²) in [6.45, 7) is 2.82. The van der Waals surface area contributed by atoms with Crippen LogP contribution in [0, 0.1) is 12.7 Å². The van der Waals surface area contributed by atoms with Gasteiger partial charge in [-0.25, -0.2) is 14.2 Å². The second-order valence-corrected chi connectivity index (χ2v) is 7.60. The van der Waals surface area contributed by atoms with Crippen molar-refractivity contribution in [2.24, 2.45) is 0 Å². The number of nitrogens with zero attached hydrogens (tertiary/aromatic N) is 3. The highest BCUT2D eigenvalue weighted by molar-refractivity contribution is 7.12. The van der Waals surface area contributed by atoms with Crippen molar-refractivity contribution in [3.8, 4) is 0 Å². The van der Waals surface area contributed by atoms with Crippen LogP contribution in [0.15, 0.2) is 58.8 Å². The second kappa shape index (κ2) is 8.00. The summed E-state index contributed by atoms with van der Waals surface area (Å²) in [5.41, 5.74) is 2.79. The lowest BCUT2D eigenvalue weighted by molar-refractivity contribution is 0.0955. The quantitative estimate of drug-likeness (QED) is 0.531. The van der Waals surface area contributed by atoms with Crippen LogP contribution in [0.25, 0.3) is 11.2 Å². The minimum absolute atomic E-state index is 0.145. The van der Waals surface area contributed by atoms with Gasteiger partial charge in [-0.2, -0.15) is 0 Å². The van der Waals surface area contributed by atoms with E-state index in [4.69, 9.17) is 0 Å². The van der Waals surface area contributed by atoms with E-state index in [0.29, 0.717) is 35.7 Å². The van der Waals surface area contributed by atoms with Crippen LogP contribution in [0.5, 0.6) is 0 Å². The highest BCUT2D eigenvalue weighted by atomic mass is 32.1. The van der Waals surface area contributed by atoms with Crippen LogP contribution >= 0.6 is 11.3 Å². The standard InChI is InChI=1S/C21H19FN4O2S/c1-14-8-12-29-18(14)20(27)24-10-11-25-19-17(3-2-9-23-19)26(21(25)28)13-15-4-6-16(22)7-5-15/h2-9,12H,10-11,13H2,1H3,(H,24,27). The fourth-order valence-corrected chi connectivity index (χ4v) is 4.08. The van der Waals surface area contributed by atoms with Gasteiger partial charge in [0.15, 0.2) is 5.65 Å². The van der Waals surface area contributed by atoms with E-state index in [0.717, 1.165) is 11.1 Å². The van der Waals surface area contributed by atoms with E-state index >= 15 is 0 Å². The number of halogens is 1. The fourth-order valence-electron chi connectivity index (χ4n) is 3.24. The molecule has 148 valence electrons. The first kappa shape index (κ1) is 19.1. The lowest BCUT2D eigenvalue weighted by atomic mass is 10.2. The minimum Gasteiger partial charge on any atom is -0.350 e. The molecule has 4 aromatic rings. The summed E-state index contributed by atoms with van der Waals surface area (Å²) in [5.74, 6) is -0.463. The number of fused-ring (bicyclic) bond motifs is 1. The van der Waals surface area contributed by atoms with Crippen LogP contribution in [0.4, 0.5) is 4.39 Å². The molecule has 1 amide bonds. The van der Waals surface area contributed by atoms with Crippen molar-refractivity contribution in [3.05, 3.63) is 86.3 Å². The van der Waals surface area contributed by atoms with Crippen molar-refractivity contribution in [2.45, 2.75) is 20.0 Å². The Morgan fingerprint density at radius 3 is 2.69 bits per heavy atom. The number of aryl methyl sites for hydroxylation is 1. The van der Waals surface area contributed by atoms with Gasteiger partial charge >= 0.3 is 5.69 Å². The Balaban J connectivity index is 1.57. The summed E-state index contributed by atoms with van der Waals surface area (Å²) in [6.07, 6.45) is 1.63. The molecule has 0 radical (unpaired) electrons. The van der Waals surface area contributed by atoms with Crippen LogP contribution in [0.1, 0.15) is 20.8 Å². The maximum Gasteiger partial charge on any atom is 0.330 e. The number of rotatable bonds is 6. The first-order chi connectivity index (χ1) is 14.0. The maximum atomic E-state index is 13.2. The van der Waals surface area contributed by atoms with Crippen molar-refractivity contribution < 1.29 is 9.18 Å². The van der Waals surface area contributed by atoms with Gasteiger partial charge in [-0.3, -0.25) is 13.9 Å². The molecule has 0 saturated carbocycles. The lowest BCUT2D eigenvalue weighted by Crippen LogP contribution is -2.31. The molecule has 0 bridgehead atoms. The smallest absolute Gasteiger partial charge is 0.330 e. The number of amides is 1. The molecule has 0 saturated heterocycles. The van der Waals surface area contributed by atoms with Crippen molar-refractivity contribution in [3.63, 3.8) is 0 Å². The van der Waals surface area contributed by atoms with Gasteiger partial charge in [0.05, 0.1) is 16.9 Å². The normalized spacial score (nSPS) is 11.1. The Bertz CT molecular complexity index is 1220. The fraction of sp³-hybridized carbons (Fsp3) is 0.190. The van der Waals surface area contributed by atoms with Crippen LogP contribution in [-0.4, -0.2) is 26.6 Å². The number of hydrogen-bond donors (Lipinski definition) is 1. The highest BCUT2D eigenvalue weighted by Gasteiger charge is 2.15. The number of pyridine rings is 1. The Labute approximate surface area is 170 Å². The molecule has 29 heavy (non-hydrogen) atoms. The molecule has 0 aliphatic carbocycles. The van der Waals surface area contributed by atoms with E-state index in [9.17, 15) is 14.0 Å². The minimum atomic E-state index is -0.318. The zero-order valence-corrected chi connectivity index (χ0v) is 16.6. The summed E-state index contributed by atoms with van der Waals surface area (Å²) in [5, 5.41) is 4.74. The molecule has 0 fully saturated rings. The molecular formula is C21H19FN4O2S. The molecule has 0 atom stereocenters. The van der Waals surface area contributed by atoms with Gasteiger partial charge in [0.2, 0.25) is 0 Å². The third-order valence-electron chi connectivity index (χ3n) is 4.72. The summed E-state index contributed by atoms with van der Waals surface area (Å²) >= 11 is 1.39. The number of hydrogen-bond acceptors (Lipinski definition) is 4. The van der Waals surface area contributed by atoms with Crippen molar-refractivity contribution in [1.29, 1.82) is 0 Å². The molecule has 1 aromatic carbocycles. The second-order valence-electron chi connectivity index (χ2n) is 6.68. The number of imidazole rings is 1. The lowest BCUT2D eigenvalue weighted by Gasteiger charge is -2.06. The summed E-state index contributed by atoms with van der Waals surface area (Å²) in [4.78, 5) is 30.3. The summed E-state index contributed by atoms with van der Waals surface area (Å²) < 4.78 is 16.3. The molecule has 8 heteroatoms. The number of carbonyl (C=O) groups is 1. The van der Waals surface area contributed by atoms with Crippen LogP contribution < -0.4 is 11.0 Å². The predicted molar refractivity (Wildman–Crippen MR) is 111 cm³/mol. The Kier molecular flexibility index (Phi) is 5.26. The molecule has 0 aliphatic rings. The van der Waals surface area contributed by atoms with Gasteiger partial charge in [0.25, 0.3) is 5.91 Å². The number of benzene rings is 1. The first-order valence-corrected chi connectivity index (χ1v) is 10.0. The van der Waals surface area contributed by atoms with Crippen molar-refractivity contribution >= 4 is 28.4 Å². The Morgan fingerprint density at radius 1 is 1.17 bits per heavy atom. The van der Waals surface area contributed by atoms with Crippen LogP contribution in [-0.2, 0) is 13.1 Å². The number of aromatic nitrogens is 3. The molecule has 3 heterocycles. The van der Waals surface area contributed by atoms with Crippen LogP contribution in [0.3, 0.4) is 0 Å². The average molecular weight is 410 g/mol. The van der Waals surface area contributed by atoms with E-state index in [2.05, 4.69) is 10.3 Å². The summed E-state index contributed by atoms with van der Waals surface area (Å²) in [7, 11) is 0. The molecule has 0 spiro atoms. The molecule has 0 aliphatic heterocycles. The van der Waals surface area contributed by atoms with E-state index in [1.807, 2.05) is 24.4 Å². The molecule has 0 unspecified atom stereocenters. The zero-order valence-electron chi connectivity index (χ0n) is 15.8. The SMILES string of the molecule is Cc1ccsc1C(=O)NCCn1c(=O)n(Cc2ccc(F)cc2)c2cccnc21. The van der Waals surface area contributed by atoms with Gasteiger partial charge in [0, 0.05) is 19.3 Å². The van der Waals surface area contributed by atoms with Gasteiger partial charge < -0.3 is 5.32 Å². The third kappa shape index (κ3) is 3.84. The Hall–Kier alpha value is -3.26. The monoisotopic (exact) mass is 410 g/mol. The average Bonchev–Trinajstić information content (AvgIpc) is 3.26. The molecule has 4 rings (SSSR count). The topological polar surface area (TPSA) is 68.9 Å². The zero-order chi connectivity index (χ0) is 20.4. The third-order valence-corrected chi connectivity index (χ3v) is 5.73. The van der Waals surface area contributed by atoms with Gasteiger partial charge in [0.1, 0.15) is 5.82 Å². The van der Waals surface area contributed by atoms with E-state index in [1.54, 1.807) is 33.5 Å². The van der Waals surface area contributed by atoms with E-state index < -0.39 is 0 Å². The van der Waals surface area contributed by atoms with Gasteiger partial charge in [-0.05, 0) is 53.8 Å². The number of thiophene rings is 1. The van der Waals surface area contributed by atoms with Crippen LogP contribution in [0.2, 0.25) is 0 Å². The van der Waals surface area contributed by atoms with Gasteiger partial charge in [-0.15, -0.1) is 11.3 Å². The number of carbonyl (C=O) groups excluding carboxylic acids is 1. The van der Waals surface area contributed by atoms with Crippen molar-refractivity contribution in [2.75, 3.05) is 6.54 Å². The molecule has 1 N–H and O–H groups in total. The van der Waals surface area contributed by atoms with E-state index in [-0.39, 0.29) is 17.4 Å². The Morgan fingerprint density at radius 2 is 1.97 bits per heavy atom. The summed E-state index contributed by atoms with van der Waals surface area (Å²) in [6, 6.07) is 11.6. The molecular weight excluding hydrogens is 391 g/mol. The largest absolute Gasteiger partial charge is 0.350 e. The maximum absolute atomic E-state index is 13.2. The van der Waals surface area contributed by atoms with E-state index in [1.165, 1.54) is 23.5 Å². The highest BCUT2D eigenvalue weighted by Crippen LogP contribution is 2.15.